The van der Waals surface area contributed by atoms with E-state index in [9.17, 15) is 28.3 Å². The predicted octanol–water partition coefficient (Wildman–Crippen LogP) is 3.35. The molecule has 1 aliphatic rings. The van der Waals surface area contributed by atoms with Crippen molar-refractivity contribution in [3.8, 4) is 0 Å². The Labute approximate surface area is 167 Å². The lowest BCUT2D eigenvalue weighted by Gasteiger charge is -2.26. The Morgan fingerprint density at radius 3 is 2.52 bits per heavy atom. The van der Waals surface area contributed by atoms with Gasteiger partial charge in [-0.05, 0) is 42.5 Å². The highest BCUT2D eigenvalue weighted by Gasteiger charge is 2.42. The maximum absolute atomic E-state index is 13.9. The minimum atomic E-state index is -1.23. The average molecular weight is 413 g/mol. The van der Waals surface area contributed by atoms with Crippen LogP contribution in [0.5, 0.6) is 0 Å². The molecule has 1 fully saturated rings. The number of carbonyl (C=O) groups is 3. The molecule has 0 radical (unpaired) electrons. The van der Waals surface area contributed by atoms with Crippen molar-refractivity contribution in [2.75, 3.05) is 6.54 Å². The van der Waals surface area contributed by atoms with E-state index in [2.05, 4.69) is 0 Å². The number of aliphatic carboxylic acids is 1. The van der Waals surface area contributed by atoms with Crippen LogP contribution in [0.15, 0.2) is 18.2 Å². The average Bonchev–Trinajstić information content (AvgIpc) is 3.08. The second-order valence-corrected chi connectivity index (χ2v) is 7.39. The molecule has 2 rings (SSSR count). The van der Waals surface area contributed by atoms with Crippen LogP contribution in [0.2, 0.25) is 0 Å². The highest BCUT2D eigenvalue weighted by Crippen LogP contribution is 2.29. The molecule has 29 heavy (non-hydrogen) atoms. The summed E-state index contributed by atoms with van der Waals surface area (Å²) < 4.78 is 37.6. The Hall–Kier alpha value is -2.71. The van der Waals surface area contributed by atoms with Crippen LogP contribution in [0.3, 0.4) is 0 Å². The molecular formula is C20H25F2NO6. The number of benzene rings is 1. The van der Waals surface area contributed by atoms with E-state index in [-0.39, 0.29) is 37.3 Å². The van der Waals surface area contributed by atoms with Gasteiger partial charge in [0.1, 0.15) is 17.7 Å². The van der Waals surface area contributed by atoms with Gasteiger partial charge in [-0.2, -0.15) is 0 Å². The number of carboxylic acid groups (broad SMARTS) is 1. The van der Waals surface area contributed by atoms with Gasteiger partial charge in [0.05, 0.1) is 0 Å². The van der Waals surface area contributed by atoms with Gasteiger partial charge in [0.25, 0.3) is 6.29 Å². The van der Waals surface area contributed by atoms with Crippen molar-refractivity contribution >= 4 is 18.0 Å². The molecule has 1 aromatic rings. The highest BCUT2D eigenvalue weighted by atomic mass is 19.1. The fourth-order valence-electron chi connectivity index (χ4n) is 3.19. The van der Waals surface area contributed by atoms with Crippen molar-refractivity contribution in [2.45, 2.75) is 52.4 Å². The van der Waals surface area contributed by atoms with E-state index in [1.165, 1.54) is 0 Å². The van der Waals surface area contributed by atoms with Crippen LogP contribution < -0.4 is 0 Å². The number of hydrogen-bond donors (Lipinski definition) is 1. The van der Waals surface area contributed by atoms with Crippen molar-refractivity contribution in [3.05, 3.63) is 35.4 Å². The number of nitrogens with zero attached hydrogens (tertiary/aromatic N) is 1. The van der Waals surface area contributed by atoms with E-state index in [0.717, 1.165) is 23.1 Å². The third-order valence-electron chi connectivity index (χ3n) is 4.72. The first-order chi connectivity index (χ1) is 13.6. The summed E-state index contributed by atoms with van der Waals surface area (Å²) in [5.74, 6) is -3.69. The summed E-state index contributed by atoms with van der Waals surface area (Å²) in [7, 11) is 0. The first-order valence-electron chi connectivity index (χ1n) is 9.45. The maximum atomic E-state index is 13.9. The van der Waals surface area contributed by atoms with Gasteiger partial charge in [0.2, 0.25) is 0 Å². The fourth-order valence-corrected chi connectivity index (χ4v) is 3.19. The maximum Gasteiger partial charge on any atom is 0.413 e. The molecule has 3 atom stereocenters. The van der Waals surface area contributed by atoms with Gasteiger partial charge < -0.3 is 14.6 Å². The van der Waals surface area contributed by atoms with E-state index in [4.69, 9.17) is 9.47 Å². The number of esters is 1. The monoisotopic (exact) mass is 413 g/mol. The Morgan fingerprint density at radius 2 is 1.93 bits per heavy atom. The number of hydrogen-bond acceptors (Lipinski definition) is 5. The van der Waals surface area contributed by atoms with Crippen LogP contribution in [-0.2, 0) is 25.5 Å². The molecule has 9 heteroatoms. The largest absolute Gasteiger partial charge is 0.480 e. The number of halogens is 2. The third kappa shape index (κ3) is 5.88. The number of carboxylic acids is 1. The summed E-state index contributed by atoms with van der Waals surface area (Å²) in [4.78, 5) is 36.7. The van der Waals surface area contributed by atoms with Crippen LogP contribution >= 0.6 is 0 Å². The number of likely N-dealkylation sites (tertiary alicyclic amines) is 1. The number of ether oxygens (including phenoxy) is 2. The van der Waals surface area contributed by atoms with Gasteiger partial charge in [-0.3, -0.25) is 9.69 Å². The quantitative estimate of drug-likeness (QED) is 0.544. The van der Waals surface area contributed by atoms with Gasteiger partial charge in [0.15, 0.2) is 0 Å². The van der Waals surface area contributed by atoms with E-state index in [1.54, 1.807) is 20.8 Å². The molecule has 1 amide bonds. The number of carbonyl (C=O) groups excluding carboxylic acids is 2. The van der Waals surface area contributed by atoms with E-state index in [1.807, 2.05) is 0 Å². The molecule has 0 unspecified atom stereocenters. The molecule has 0 aromatic heterocycles. The topological polar surface area (TPSA) is 93.1 Å². The van der Waals surface area contributed by atoms with Crippen molar-refractivity contribution in [1.82, 2.24) is 4.90 Å². The smallest absolute Gasteiger partial charge is 0.413 e. The van der Waals surface area contributed by atoms with Gasteiger partial charge in [-0.1, -0.05) is 20.8 Å². The molecule has 0 bridgehead atoms. The second kappa shape index (κ2) is 9.67. The summed E-state index contributed by atoms with van der Waals surface area (Å²) in [6.07, 6.45) is -1.83. The molecular weight excluding hydrogens is 388 g/mol. The number of amides is 1. The SMILES string of the molecule is CCC(=O)O[C@H](OC(=O)N1C[C@@H](Cc2cc(F)ccc2F)C[C@H]1C(=O)O)C(C)C. The van der Waals surface area contributed by atoms with E-state index >= 15 is 0 Å². The first-order valence-corrected chi connectivity index (χ1v) is 9.45. The summed E-state index contributed by atoms with van der Waals surface area (Å²) in [5, 5.41) is 9.47. The second-order valence-electron chi connectivity index (χ2n) is 7.39. The number of rotatable bonds is 7. The summed E-state index contributed by atoms with van der Waals surface area (Å²) in [5.41, 5.74) is 0.117. The Balaban J connectivity index is 2.11. The predicted molar refractivity (Wildman–Crippen MR) is 97.8 cm³/mol. The van der Waals surface area contributed by atoms with Crippen molar-refractivity contribution in [2.24, 2.45) is 11.8 Å². The van der Waals surface area contributed by atoms with Crippen molar-refractivity contribution in [3.63, 3.8) is 0 Å². The van der Waals surface area contributed by atoms with Gasteiger partial charge >= 0.3 is 18.0 Å². The van der Waals surface area contributed by atoms with Crippen LogP contribution in [-0.4, -0.2) is 46.9 Å². The zero-order valence-corrected chi connectivity index (χ0v) is 16.6. The molecule has 0 saturated carbocycles. The molecule has 1 saturated heterocycles. The Kier molecular flexibility index (Phi) is 7.53. The van der Waals surface area contributed by atoms with Gasteiger partial charge in [-0.25, -0.2) is 18.4 Å². The van der Waals surface area contributed by atoms with Crippen molar-refractivity contribution in [1.29, 1.82) is 0 Å². The molecule has 1 aliphatic heterocycles. The standard InChI is InChI=1S/C20H25F2NO6/c1-4-17(24)28-19(11(2)3)29-20(27)23-10-12(8-16(23)18(25)26)7-13-9-14(21)5-6-15(13)22/h5-6,9,11-12,16,19H,4,7-8,10H2,1-3H3,(H,25,26)/t12-,16-,19+/m0/s1. The van der Waals surface area contributed by atoms with Crippen LogP contribution in [0.25, 0.3) is 0 Å². The van der Waals surface area contributed by atoms with E-state index < -0.39 is 47.9 Å². The molecule has 1 N–H and O–H groups in total. The normalized spacial score (nSPS) is 19.9. The highest BCUT2D eigenvalue weighted by molar-refractivity contribution is 5.81. The molecule has 1 heterocycles. The minimum Gasteiger partial charge on any atom is -0.480 e. The summed E-state index contributed by atoms with van der Waals surface area (Å²) >= 11 is 0. The summed E-state index contributed by atoms with van der Waals surface area (Å²) in [6, 6.07) is 1.90. The van der Waals surface area contributed by atoms with Crippen LogP contribution in [0, 0.1) is 23.5 Å². The lowest BCUT2D eigenvalue weighted by Crippen LogP contribution is -2.43. The lowest BCUT2D eigenvalue weighted by molar-refractivity contribution is -0.177. The van der Waals surface area contributed by atoms with Gasteiger partial charge in [0, 0.05) is 18.9 Å². The lowest BCUT2D eigenvalue weighted by atomic mass is 9.96. The zero-order valence-electron chi connectivity index (χ0n) is 16.6. The Morgan fingerprint density at radius 1 is 1.24 bits per heavy atom. The zero-order chi connectivity index (χ0) is 21.7. The molecule has 1 aromatic carbocycles. The fraction of sp³-hybridized carbons (Fsp3) is 0.550. The molecule has 160 valence electrons. The Bertz CT molecular complexity index is 769. The minimum absolute atomic E-state index is 0.00169. The molecule has 0 aliphatic carbocycles. The van der Waals surface area contributed by atoms with E-state index in [0.29, 0.717) is 0 Å². The first kappa shape index (κ1) is 22.6. The van der Waals surface area contributed by atoms with Crippen LogP contribution in [0.4, 0.5) is 13.6 Å². The molecule has 0 spiro atoms. The van der Waals surface area contributed by atoms with Gasteiger partial charge in [-0.15, -0.1) is 0 Å². The molecule has 7 nitrogen and oxygen atoms in total. The third-order valence-corrected chi connectivity index (χ3v) is 4.72. The van der Waals surface area contributed by atoms with Crippen LogP contribution in [0.1, 0.15) is 39.2 Å². The van der Waals surface area contributed by atoms with Crippen molar-refractivity contribution < 1.29 is 37.7 Å². The summed E-state index contributed by atoms with van der Waals surface area (Å²) in [6.45, 7) is 4.97.